The zero-order valence-corrected chi connectivity index (χ0v) is 8.82. The number of primary amides is 1. The fourth-order valence-corrected chi connectivity index (χ4v) is 1.12. The summed E-state index contributed by atoms with van der Waals surface area (Å²) in [5, 5.41) is 0. The van der Waals surface area contributed by atoms with Crippen molar-refractivity contribution in [3.8, 4) is 17.6 Å². The fourth-order valence-electron chi connectivity index (χ4n) is 1.12. The third-order valence-electron chi connectivity index (χ3n) is 1.85. The molecule has 16 heavy (non-hydrogen) atoms. The molecule has 0 atom stereocenters. The first-order chi connectivity index (χ1) is 7.67. The molecule has 0 saturated heterocycles. The molecule has 1 aromatic carbocycles. The minimum atomic E-state index is -0.488. The number of ether oxygens (including phenoxy) is 1. The Hall–Kier alpha value is -2.28. The molecule has 4 nitrogen and oxygen atoms in total. The summed E-state index contributed by atoms with van der Waals surface area (Å²) >= 11 is 0. The van der Waals surface area contributed by atoms with E-state index >= 15 is 0 Å². The third kappa shape index (κ3) is 3.14. The molecule has 4 heteroatoms. The van der Waals surface area contributed by atoms with Crippen LogP contribution in [0.1, 0.15) is 22.3 Å². The molecule has 1 rings (SSSR count). The van der Waals surface area contributed by atoms with Gasteiger partial charge in [0.15, 0.2) is 0 Å². The first-order valence-corrected chi connectivity index (χ1v) is 4.57. The summed E-state index contributed by atoms with van der Waals surface area (Å²) in [7, 11) is 1.51. The van der Waals surface area contributed by atoms with Gasteiger partial charge in [-0.25, -0.2) is 0 Å². The van der Waals surface area contributed by atoms with E-state index in [0.717, 1.165) is 6.29 Å². The number of carbonyl (C=O) groups is 2. The van der Waals surface area contributed by atoms with Gasteiger partial charge < -0.3 is 10.5 Å². The van der Waals surface area contributed by atoms with E-state index in [-0.39, 0.29) is 6.42 Å². The van der Waals surface area contributed by atoms with E-state index in [1.54, 1.807) is 18.2 Å². The quantitative estimate of drug-likeness (QED) is 0.599. The van der Waals surface area contributed by atoms with Crippen LogP contribution in [0.3, 0.4) is 0 Å². The summed E-state index contributed by atoms with van der Waals surface area (Å²) < 4.78 is 5.07. The summed E-state index contributed by atoms with van der Waals surface area (Å²) in [5.41, 5.74) is 6.02. The molecule has 0 fully saturated rings. The molecule has 1 aromatic rings. The smallest absolute Gasteiger partial charge is 0.229 e. The van der Waals surface area contributed by atoms with E-state index in [1.807, 2.05) is 0 Å². The van der Waals surface area contributed by atoms with E-state index in [0.29, 0.717) is 16.9 Å². The number of amides is 1. The van der Waals surface area contributed by atoms with Crippen molar-refractivity contribution < 1.29 is 14.3 Å². The van der Waals surface area contributed by atoms with Crippen LogP contribution in [0.2, 0.25) is 0 Å². The molecule has 0 bridgehead atoms. The number of aldehydes is 1. The standard InChI is InChI=1S/C12H11NO3/c1-16-11-6-5-9(8-14)7-10(11)3-2-4-12(13)15/h5-8H,4H2,1H3,(H2,13,15). The van der Waals surface area contributed by atoms with Crippen LogP contribution in [0, 0.1) is 11.8 Å². The molecule has 0 aliphatic carbocycles. The lowest BCUT2D eigenvalue weighted by Gasteiger charge is -2.02. The highest BCUT2D eigenvalue weighted by molar-refractivity contribution is 5.78. The normalized spacial score (nSPS) is 8.81. The molecule has 1 amide bonds. The van der Waals surface area contributed by atoms with Crippen molar-refractivity contribution in [1.82, 2.24) is 0 Å². The highest BCUT2D eigenvalue weighted by atomic mass is 16.5. The molecule has 82 valence electrons. The predicted molar refractivity (Wildman–Crippen MR) is 59.1 cm³/mol. The summed E-state index contributed by atoms with van der Waals surface area (Å²) in [4.78, 5) is 21.1. The van der Waals surface area contributed by atoms with Crippen molar-refractivity contribution in [2.24, 2.45) is 5.73 Å². The molecule has 0 aliphatic heterocycles. The maximum absolute atomic E-state index is 10.6. The molecular weight excluding hydrogens is 206 g/mol. The Morgan fingerprint density at radius 3 is 2.88 bits per heavy atom. The van der Waals surface area contributed by atoms with E-state index in [9.17, 15) is 9.59 Å². The Morgan fingerprint density at radius 1 is 1.56 bits per heavy atom. The van der Waals surface area contributed by atoms with Gasteiger partial charge in [-0.1, -0.05) is 11.8 Å². The number of benzene rings is 1. The average molecular weight is 217 g/mol. The Bertz CT molecular complexity index is 469. The summed E-state index contributed by atoms with van der Waals surface area (Å²) in [6.07, 6.45) is 0.702. The minimum absolute atomic E-state index is 0.0194. The Balaban J connectivity index is 3.02. The Labute approximate surface area is 93.4 Å². The number of hydrogen-bond acceptors (Lipinski definition) is 3. The SMILES string of the molecule is COc1ccc(C=O)cc1C#CCC(N)=O. The van der Waals surface area contributed by atoms with Crippen LogP contribution < -0.4 is 10.5 Å². The van der Waals surface area contributed by atoms with Gasteiger partial charge in [0.05, 0.1) is 19.1 Å². The van der Waals surface area contributed by atoms with Crippen LogP contribution in [0.4, 0.5) is 0 Å². The van der Waals surface area contributed by atoms with Gasteiger partial charge in [0, 0.05) is 5.56 Å². The summed E-state index contributed by atoms with van der Waals surface area (Å²) in [5.74, 6) is 5.41. The van der Waals surface area contributed by atoms with Gasteiger partial charge in [-0.3, -0.25) is 9.59 Å². The zero-order valence-electron chi connectivity index (χ0n) is 8.82. The van der Waals surface area contributed by atoms with Crippen molar-refractivity contribution in [2.75, 3.05) is 7.11 Å². The van der Waals surface area contributed by atoms with Crippen LogP contribution in [-0.2, 0) is 4.79 Å². The van der Waals surface area contributed by atoms with E-state index in [4.69, 9.17) is 10.5 Å². The molecule has 0 spiro atoms. The number of methoxy groups -OCH3 is 1. The Kier molecular flexibility index (Phi) is 4.10. The van der Waals surface area contributed by atoms with Gasteiger partial charge in [-0.2, -0.15) is 0 Å². The van der Waals surface area contributed by atoms with Crippen molar-refractivity contribution in [3.63, 3.8) is 0 Å². The minimum Gasteiger partial charge on any atom is -0.495 e. The monoisotopic (exact) mass is 217 g/mol. The van der Waals surface area contributed by atoms with E-state index < -0.39 is 5.91 Å². The van der Waals surface area contributed by atoms with Gasteiger partial charge in [-0.05, 0) is 18.2 Å². The first kappa shape index (κ1) is 11.8. The molecule has 2 N–H and O–H groups in total. The molecule has 0 aliphatic rings. The van der Waals surface area contributed by atoms with Gasteiger partial charge >= 0.3 is 0 Å². The van der Waals surface area contributed by atoms with Crippen LogP contribution in [0.25, 0.3) is 0 Å². The van der Waals surface area contributed by atoms with Gasteiger partial charge in [0.1, 0.15) is 12.0 Å². The molecule has 0 heterocycles. The number of rotatable bonds is 3. The highest BCUT2D eigenvalue weighted by Crippen LogP contribution is 2.17. The second-order valence-electron chi connectivity index (χ2n) is 3.02. The van der Waals surface area contributed by atoms with Crippen molar-refractivity contribution in [3.05, 3.63) is 29.3 Å². The van der Waals surface area contributed by atoms with Crippen molar-refractivity contribution >= 4 is 12.2 Å². The maximum Gasteiger partial charge on any atom is 0.229 e. The lowest BCUT2D eigenvalue weighted by Crippen LogP contribution is -2.08. The number of carbonyl (C=O) groups excluding carboxylic acids is 2. The van der Waals surface area contributed by atoms with Crippen molar-refractivity contribution in [2.45, 2.75) is 6.42 Å². The zero-order chi connectivity index (χ0) is 12.0. The van der Waals surface area contributed by atoms with Gasteiger partial charge in [0.25, 0.3) is 0 Å². The average Bonchev–Trinajstić information content (AvgIpc) is 2.28. The number of hydrogen-bond donors (Lipinski definition) is 1. The van der Waals surface area contributed by atoms with Crippen LogP contribution in [-0.4, -0.2) is 19.3 Å². The van der Waals surface area contributed by atoms with Crippen LogP contribution in [0.5, 0.6) is 5.75 Å². The highest BCUT2D eigenvalue weighted by Gasteiger charge is 2.01. The van der Waals surface area contributed by atoms with Crippen LogP contribution >= 0.6 is 0 Å². The van der Waals surface area contributed by atoms with Crippen molar-refractivity contribution in [1.29, 1.82) is 0 Å². The largest absolute Gasteiger partial charge is 0.495 e. The molecule has 0 aromatic heterocycles. The second kappa shape index (κ2) is 5.56. The topological polar surface area (TPSA) is 69.4 Å². The Morgan fingerprint density at radius 2 is 2.31 bits per heavy atom. The molecular formula is C12H11NO3. The summed E-state index contributed by atoms with van der Waals surface area (Å²) in [6.45, 7) is 0. The second-order valence-corrected chi connectivity index (χ2v) is 3.02. The van der Waals surface area contributed by atoms with Gasteiger partial charge in [-0.15, -0.1) is 0 Å². The lowest BCUT2D eigenvalue weighted by molar-refractivity contribution is -0.117. The molecule has 0 unspecified atom stereocenters. The maximum atomic E-state index is 10.6. The summed E-state index contributed by atoms with van der Waals surface area (Å²) in [6, 6.07) is 4.88. The fraction of sp³-hybridized carbons (Fsp3) is 0.167. The van der Waals surface area contributed by atoms with Gasteiger partial charge in [0.2, 0.25) is 5.91 Å². The third-order valence-corrected chi connectivity index (χ3v) is 1.85. The number of nitrogens with two attached hydrogens (primary N) is 1. The van der Waals surface area contributed by atoms with E-state index in [1.165, 1.54) is 7.11 Å². The predicted octanol–water partition coefficient (Wildman–Crippen LogP) is 0.735. The molecule has 0 saturated carbocycles. The van der Waals surface area contributed by atoms with E-state index in [2.05, 4.69) is 11.8 Å². The lowest BCUT2D eigenvalue weighted by atomic mass is 10.1. The van der Waals surface area contributed by atoms with Crippen LogP contribution in [0.15, 0.2) is 18.2 Å². The first-order valence-electron chi connectivity index (χ1n) is 4.57. The molecule has 0 radical (unpaired) electrons.